The van der Waals surface area contributed by atoms with Crippen molar-refractivity contribution >= 4 is 27.7 Å². The molecule has 0 aliphatic carbocycles. The Morgan fingerprint density at radius 3 is 2.91 bits per heavy atom. The van der Waals surface area contributed by atoms with Crippen LogP contribution in [0.15, 0.2) is 41.7 Å². The highest BCUT2D eigenvalue weighted by Crippen LogP contribution is 2.42. The van der Waals surface area contributed by atoms with Crippen molar-refractivity contribution in [3.8, 4) is 0 Å². The van der Waals surface area contributed by atoms with Crippen LogP contribution in [0.2, 0.25) is 0 Å². The first-order chi connectivity index (χ1) is 11.0. The number of hydrogen-bond acceptors (Lipinski definition) is 5. The van der Waals surface area contributed by atoms with E-state index in [0.717, 1.165) is 15.9 Å². The summed E-state index contributed by atoms with van der Waals surface area (Å²) in [5.41, 5.74) is 5.85. The van der Waals surface area contributed by atoms with Crippen LogP contribution in [-0.2, 0) is 0 Å². The molecule has 1 aromatic heterocycles. The van der Waals surface area contributed by atoms with Gasteiger partial charge in [0.15, 0.2) is 5.17 Å². The molecule has 23 heavy (non-hydrogen) atoms. The van der Waals surface area contributed by atoms with E-state index in [0.29, 0.717) is 13.1 Å². The van der Waals surface area contributed by atoms with E-state index in [4.69, 9.17) is 5.73 Å². The van der Waals surface area contributed by atoms with E-state index in [1.165, 1.54) is 5.56 Å². The molecule has 1 fully saturated rings. The minimum atomic E-state index is -0.856. The number of aliphatic imine (C=N–C) groups is 1. The predicted octanol–water partition coefficient (Wildman–Crippen LogP) is 2.07. The SMILES string of the molecule is CC(C)(O)C1NC(=NCCN)SC1c1ccc2cnccc2c1. The third-order valence-corrected chi connectivity index (χ3v) is 5.23. The molecule has 3 rings (SSSR count). The Morgan fingerprint density at radius 1 is 1.35 bits per heavy atom. The van der Waals surface area contributed by atoms with E-state index >= 15 is 0 Å². The van der Waals surface area contributed by atoms with Gasteiger partial charge in [-0.1, -0.05) is 23.9 Å². The lowest BCUT2D eigenvalue weighted by atomic mass is 9.91. The van der Waals surface area contributed by atoms with Crippen LogP contribution in [0.25, 0.3) is 10.8 Å². The van der Waals surface area contributed by atoms with Crippen molar-refractivity contribution < 1.29 is 5.11 Å². The molecule has 5 nitrogen and oxygen atoms in total. The standard InChI is InChI=1S/C17H22N4OS/c1-17(2,22)15-14(23-16(21-15)20-8-6-18)12-3-4-13-10-19-7-5-11(13)9-12/h3-5,7,9-10,14-15,22H,6,8,18H2,1-2H3,(H,20,21). The molecule has 2 aromatic rings. The van der Waals surface area contributed by atoms with E-state index < -0.39 is 5.60 Å². The lowest BCUT2D eigenvalue weighted by Gasteiger charge is -2.30. The van der Waals surface area contributed by atoms with Gasteiger partial charge in [0.05, 0.1) is 23.4 Å². The van der Waals surface area contributed by atoms with Crippen molar-refractivity contribution in [2.24, 2.45) is 10.7 Å². The molecule has 6 heteroatoms. The summed E-state index contributed by atoms with van der Waals surface area (Å²) in [5.74, 6) is 0. The average molecular weight is 330 g/mol. The minimum Gasteiger partial charge on any atom is -0.388 e. The van der Waals surface area contributed by atoms with Crippen molar-refractivity contribution in [1.29, 1.82) is 0 Å². The number of benzene rings is 1. The number of thioether (sulfide) groups is 1. The first kappa shape index (κ1) is 16.2. The molecule has 0 radical (unpaired) electrons. The van der Waals surface area contributed by atoms with E-state index in [2.05, 4.69) is 33.5 Å². The Kier molecular flexibility index (Phi) is 4.57. The molecular formula is C17H22N4OS. The van der Waals surface area contributed by atoms with Gasteiger partial charge < -0.3 is 16.2 Å². The maximum absolute atomic E-state index is 10.5. The number of nitrogens with zero attached hydrogens (tertiary/aromatic N) is 2. The summed E-state index contributed by atoms with van der Waals surface area (Å²) in [7, 11) is 0. The van der Waals surface area contributed by atoms with E-state index in [9.17, 15) is 5.11 Å². The molecule has 2 unspecified atom stereocenters. The molecule has 0 spiro atoms. The molecular weight excluding hydrogens is 308 g/mol. The summed E-state index contributed by atoms with van der Waals surface area (Å²) in [6.07, 6.45) is 3.66. The van der Waals surface area contributed by atoms with Gasteiger partial charge >= 0.3 is 0 Å². The van der Waals surface area contributed by atoms with Gasteiger partial charge in [0.1, 0.15) is 0 Å². The number of nitrogens with one attached hydrogen (secondary N) is 1. The minimum absolute atomic E-state index is 0.101. The second-order valence-electron chi connectivity index (χ2n) is 6.27. The lowest BCUT2D eigenvalue weighted by Crippen LogP contribution is -2.46. The van der Waals surface area contributed by atoms with Crippen LogP contribution in [0.5, 0.6) is 0 Å². The molecule has 4 N–H and O–H groups in total. The largest absolute Gasteiger partial charge is 0.388 e. The monoisotopic (exact) mass is 330 g/mol. The van der Waals surface area contributed by atoms with Crippen LogP contribution in [-0.4, -0.2) is 40.0 Å². The van der Waals surface area contributed by atoms with Gasteiger partial charge in [0.25, 0.3) is 0 Å². The van der Waals surface area contributed by atoms with Crippen molar-refractivity contribution in [1.82, 2.24) is 10.3 Å². The summed E-state index contributed by atoms with van der Waals surface area (Å²) in [6, 6.07) is 8.25. The van der Waals surface area contributed by atoms with Gasteiger partial charge in [-0.3, -0.25) is 9.98 Å². The predicted molar refractivity (Wildman–Crippen MR) is 96.7 cm³/mol. The van der Waals surface area contributed by atoms with Gasteiger partial charge in [-0.2, -0.15) is 0 Å². The summed E-state index contributed by atoms with van der Waals surface area (Å²) in [5, 5.41) is 17.1. The first-order valence-electron chi connectivity index (χ1n) is 7.73. The molecule has 0 saturated carbocycles. The molecule has 0 bridgehead atoms. The fourth-order valence-corrected chi connectivity index (χ4v) is 4.19. The summed E-state index contributed by atoms with van der Waals surface area (Å²) in [6.45, 7) is 4.76. The van der Waals surface area contributed by atoms with Crippen LogP contribution < -0.4 is 11.1 Å². The Morgan fingerprint density at radius 2 is 2.17 bits per heavy atom. The third kappa shape index (κ3) is 3.49. The van der Waals surface area contributed by atoms with Crippen molar-refractivity contribution in [3.63, 3.8) is 0 Å². The third-order valence-electron chi connectivity index (χ3n) is 3.96. The second kappa shape index (κ2) is 6.47. The Bertz CT molecular complexity index is 726. The summed E-state index contributed by atoms with van der Waals surface area (Å²) < 4.78 is 0. The van der Waals surface area contributed by atoms with Crippen LogP contribution in [0.4, 0.5) is 0 Å². The number of pyridine rings is 1. The van der Waals surface area contributed by atoms with Crippen molar-refractivity contribution in [2.45, 2.75) is 30.7 Å². The van der Waals surface area contributed by atoms with Gasteiger partial charge in [-0.15, -0.1) is 0 Å². The van der Waals surface area contributed by atoms with E-state index in [1.54, 1.807) is 18.0 Å². The molecule has 1 aliphatic rings. The molecule has 0 amide bonds. The van der Waals surface area contributed by atoms with Crippen molar-refractivity contribution in [3.05, 3.63) is 42.2 Å². The molecule has 2 heterocycles. The molecule has 122 valence electrons. The topological polar surface area (TPSA) is 83.5 Å². The fourth-order valence-electron chi connectivity index (χ4n) is 2.77. The van der Waals surface area contributed by atoms with Crippen molar-refractivity contribution in [2.75, 3.05) is 13.1 Å². The number of aromatic nitrogens is 1. The zero-order chi connectivity index (χ0) is 16.4. The Balaban J connectivity index is 1.96. The fraction of sp³-hybridized carbons (Fsp3) is 0.412. The molecule has 1 aromatic carbocycles. The normalized spacial score (nSPS) is 23.4. The number of nitrogens with two attached hydrogens (primary N) is 1. The van der Waals surface area contributed by atoms with Crippen LogP contribution in [0, 0.1) is 0 Å². The number of fused-ring (bicyclic) bond motifs is 1. The second-order valence-corrected chi connectivity index (χ2v) is 7.40. The lowest BCUT2D eigenvalue weighted by molar-refractivity contribution is 0.0456. The van der Waals surface area contributed by atoms with E-state index in [-0.39, 0.29) is 11.3 Å². The molecule has 1 saturated heterocycles. The summed E-state index contributed by atoms with van der Waals surface area (Å²) >= 11 is 1.65. The first-order valence-corrected chi connectivity index (χ1v) is 8.61. The number of rotatable bonds is 4. The van der Waals surface area contributed by atoms with Gasteiger partial charge in [-0.25, -0.2) is 0 Å². The highest BCUT2D eigenvalue weighted by atomic mass is 32.2. The highest BCUT2D eigenvalue weighted by Gasteiger charge is 2.41. The van der Waals surface area contributed by atoms with E-state index in [1.807, 2.05) is 26.1 Å². The summed E-state index contributed by atoms with van der Waals surface area (Å²) in [4.78, 5) is 8.62. The Hall–Kier alpha value is -1.63. The maximum Gasteiger partial charge on any atom is 0.157 e. The van der Waals surface area contributed by atoms with Gasteiger partial charge in [0.2, 0.25) is 0 Å². The smallest absolute Gasteiger partial charge is 0.157 e. The number of amidine groups is 1. The average Bonchev–Trinajstić information content (AvgIpc) is 2.97. The Labute approximate surface area is 140 Å². The zero-order valence-electron chi connectivity index (χ0n) is 13.4. The number of aliphatic hydroxyl groups is 1. The molecule has 1 aliphatic heterocycles. The van der Waals surface area contributed by atoms with Crippen LogP contribution >= 0.6 is 11.8 Å². The zero-order valence-corrected chi connectivity index (χ0v) is 14.2. The highest BCUT2D eigenvalue weighted by molar-refractivity contribution is 8.14. The van der Waals surface area contributed by atoms with Crippen LogP contribution in [0.3, 0.4) is 0 Å². The van der Waals surface area contributed by atoms with Gasteiger partial charge in [0, 0.05) is 24.3 Å². The number of hydrogen-bond donors (Lipinski definition) is 3. The quantitative estimate of drug-likeness (QED) is 0.799. The molecule has 2 atom stereocenters. The van der Waals surface area contributed by atoms with Crippen LogP contribution in [0.1, 0.15) is 24.7 Å². The van der Waals surface area contributed by atoms with Gasteiger partial charge in [-0.05, 0) is 36.9 Å². The maximum atomic E-state index is 10.5.